The highest BCUT2D eigenvalue weighted by Gasteiger charge is 2.11. The van der Waals surface area contributed by atoms with Gasteiger partial charge in [0.15, 0.2) is 0 Å². The zero-order chi connectivity index (χ0) is 14.7. The van der Waals surface area contributed by atoms with Crippen molar-refractivity contribution in [3.8, 4) is 0 Å². The molecule has 2 aromatic rings. The van der Waals surface area contributed by atoms with Crippen LogP contribution in [0.25, 0.3) is 0 Å². The molecule has 1 amide bonds. The monoisotopic (exact) mass is 312 g/mol. The summed E-state index contributed by atoms with van der Waals surface area (Å²) in [7, 11) is 0. The van der Waals surface area contributed by atoms with Crippen molar-refractivity contribution in [2.75, 3.05) is 10.6 Å². The Kier molecular flexibility index (Phi) is 4.62. The van der Waals surface area contributed by atoms with Crippen LogP contribution in [0.4, 0.5) is 15.8 Å². The molecule has 106 valence electrons. The topological polar surface area (TPSA) is 41.1 Å². The van der Waals surface area contributed by atoms with Crippen LogP contribution in [0.2, 0.25) is 4.34 Å². The van der Waals surface area contributed by atoms with Crippen molar-refractivity contribution in [3.05, 3.63) is 45.4 Å². The molecule has 1 aromatic heterocycles. The molecule has 20 heavy (non-hydrogen) atoms. The molecular formula is C14H14ClFN2OS. The van der Waals surface area contributed by atoms with E-state index in [0.717, 1.165) is 4.88 Å². The average molecular weight is 313 g/mol. The third-order valence-electron chi connectivity index (χ3n) is 2.68. The van der Waals surface area contributed by atoms with Crippen molar-refractivity contribution < 1.29 is 9.18 Å². The molecule has 1 aromatic carbocycles. The van der Waals surface area contributed by atoms with E-state index in [4.69, 9.17) is 11.6 Å². The number of halogens is 2. The predicted octanol–water partition coefficient (Wildman–Crippen LogP) is 4.67. The molecule has 3 nitrogen and oxygen atoms in total. The van der Waals surface area contributed by atoms with Crippen LogP contribution in [0, 0.1) is 5.82 Å². The summed E-state index contributed by atoms with van der Waals surface area (Å²) in [6, 6.07) is 8.05. The maximum atomic E-state index is 13.8. The van der Waals surface area contributed by atoms with Gasteiger partial charge in [-0.15, -0.1) is 11.3 Å². The fourth-order valence-electron chi connectivity index (χ4n) is 1.78. The van der Waals surface area contributed by atoms with Gasteiger partial charge in [0.25, 0.3) is 0 Å². The number of hydrogen-bond acceptors (Lipinski definition) is 3. The molecule has 1 heterocycles. The Morgan fingerprint density at radius 3 is 2.70 bits per heavy atom. The van der Waals surface area contributed by atoms with E-state index in [1.165, 1.54) is 30.4 Å². The number of carbonyl (C=O) groups is 1. The van der Waals surface area contributed by atoms with E-state index in [-0.39, 0.29) is 17.8 Å². The number of benzene rings is 1. The Morgan fingerprint density at radius 2 is 2.10 bits per heavy atom. The zero-order valence-corrected chi connectivity index (χ0v) is 12.6. The minimum Gasteiger partial charge on any atom is -0.375 e. The highest BCUT2D eigenvalue weighted by molar-refractivity contribution is 7.16. The maximum absolute atomic E-state index is 13.8. The number of anilines is 2. The lowest BCUT2D eigenvalue weighted by atomic mass is 10.2. The summed E-state index contributed by atoms with van der Waals surface area (Å²) >= 11 is 7.34. The largest absolute Gasteiger partial charge is 0.375 e. The minimum absolute atomic E-state index is 0.0745. The first-order valence-electron chi connectivity index (χ1n) is 6.04. The Labute approximate surface area is 125 Å². The lowest BCUT2D eigenvalue weighted by molar-refractivity contribution is -0.114. The van der Waals surface area contributed by atoms with Gasteiger partial charge in [-0.05, 0) is 37.3 Å². The number of hydrogen-bond donors (Lipinski definition) is 2. The van der Waals surface area contributed by atoms with Gasteiger partial charge in [-0.1, -0.05) is 11.6 Å². The predicted molar refractivity (Wildman–Crippen MR) is 82.1 cm³/mol. The van der Waals surface area contributed by atoms with Crippen molar-refractivity contribution in [3.63, 3.8) is 0 Å². The molecule has 2 N–H and O–H groups in total. The number of carbonyl (C=O) groups excluding carboxylic acids is 1. The molecular weight excluding hydrogens is 299 g/mol. The maximum Gasteiger partial charge on any atom is 0.221 e. The van der Waals surface area contributed by atoms with E-state index < -0.39 is 0 Å². The summed E-state index contributed by atoms with van der Waals surface area (Å²) in [6.45, 7) is 3.33. The third kappa shape index (κ3) is 3.71. The second kappa shape index (κ2) is 6.24. The number of thiophene rings is 1. The molecule has 0 saturated carbocycles. The lowest BCUT2D eigenvalue weighted by Crippen LogP contribution is -2.09. The fourth-order valence-corrected chi connectivity index (χ4v) is 2.85. The lowest BCUT2D eigenvalue weighted by Gasteiger charge is -2.15. The fraction of sp³-hybridized carbons (Fsp3) is 0.214. The average Bonchev–Trinajstić information content (AvgIpc) is 2.79. The van der Waals surface area contributed by atoms with E-state index in [9.17, 15) is 9.18 Å². The minimum atomic E-state index is -0.367. The standard InChI is InChI=1S/C14H14ClFN2OS/c1-8(13-5-6-14(15)20-13)17-12-7-10(18-9(2)19)3-4-11(12)16/h3-8,17H,1-2H3,(H,18,19). The first-order valence-corrected chi connectivity index (χ1v) is 7.24. The molecule has 0 aliphatic heterocycles. The van der Waals surface area contributed by atoms with Crippen LogP contribution < -0.4 is 10.6 Å². The molecule has 0 spiro atoms. The molecule has 2 rings (SSSR count). The quantitative estimate of drug-likeness (QED) is 0.861. The van der Waals surface area contributed by atoms with Gasteiger partial charge in [0, 0.05) is 17.5 Å². The van der Waals surface area contributed by atoms with Crippen molar-refractivity contribution in [1.29, 1.82) is 0 Å². The molecule has 0 radical (unpaired) electrons. The van der Waals surface area contributed by atoms with Crippen LogP contribution in [0.3, 0.4) is 0 Å². The number of nitrogens with one attached hydrogen (secondary N) is 2. The molecule has 1 atom stereocenters. The van der Waals surface area contributed by atoms with Crippen molar-refractivity contribution >= 4 is 40.2 Å². The first-order chi connectivity index (χ1) is 9.45. The summed E-state index contributed by atoms with van der Waals surface area (Å²) in [5, 5.41) is 5.70. The highest BCUT2D eigenvalue weighted by Crippen LogP contribution is 2.30. The molecule has 0 bridgehead atoms. The first kappa shape index (κ1) is 14.8. The molecule has 0 aliphatic carbocycles. The molecule has 0 aliphatic rings. The highest BCUT2D eigenvalue weighted by atomic mass is 35.5. The number of rotatable bonds is 4. The second-order valence-corrected chi connectivity index (χ2v) is 6.13. The summed E-state index contributed by atoms with van der Waals surface area (Å²) in [5.41, 5.74) is 0.895. The van der Waals surface area contributed by atoms with E-state index in [1.54, 1.807) is 6.07 Å². The molecule has 6 heteroatoms. The summed E-state index contributed by atoms with van der Waals surface area (Å²) < 4.78 is 14.5. The van der Waals surface area contributed by atoms with Crippen LogP contribution in [-0.4, -0.2) is 5.91 Å². The van der Waals surface area contributed by atoms with Gasteiger partial charge in [-0.3, -0.25) is 4.79 Å². The van der Waals surface area contributed by atoms with Crippen molar-refractivity contribution in [2.24, 2.45) is 0 Å². The van der Waals surface area contributed by atoms with Crippen LogP contribution >= 0.6 is 22.9 Å². The Balaban J connectivity index is 2.17. The Bertz CT molecular complexity index is 629. The van der Waals surface area contributed by atoms with E-state index in [1.807, 2.05) is 19.1 Å². The van der Waals surface area contributed by atoms with Crippen LogP contribution in [0.1, 0.15) is 24.8 Å². The van der Waals surface area contributed by atoms with E-state index >= 15 is 0 Å². The van der Waals surface area contributed by atoms with E-state index in [2.05, 4.69) is 10.6 Å². The molecule has 1 unspecified atom stereocenters. The summed E-state index contributed by atoms with van der Waals surface area (Å²) in [4.78, 5) is 12.0. The Morgan fingerprint density at radius 1 is 1.35 bits per heavy atom. The SMILES string of the molecule is CC(=O)Nc1ccc(F)c(NC(C)c2ccc(Cl)s2)c1. The molecule has 0 saturated heterocycles. The van der Waals surface area contributed by atoms with Gasteiger partial charge in [-0.25, -0.2) is 4.39 Å². The van der Waals surface area contributed by atoms with Crippen LogP contribution in [0.5, 0.6) is 0 Å². The van der Waals surface area contributed by atoms with Gasteiger partial charge in [0.2, 0.25) is 5.91 Å². The second-order valence-electron chi connectivity index (χ2n) is 4.38. The molecule has 0 fully saturated rings. The third-order valence-corrected chi connectivity index (χ3v) is 4.09. The van der Waals surface area contributed by atoms with Gasteiger partial charge in [0.05, 0.1) is 16.1 Å². The van der Waals surface area contributed by atoms with Gasteiger partial charge in [-0.2, -0.15) is 0 Å². The smallest absolute Gasteiger partial charge is 0.221 e. The number of amides is 1. The van der Waals surface area contributed by atoms with Crippen LogP contribution in [0.15, 0.2) is 30.3 Å². The Hall–Kier alpha value is -1.59. The normalized spacial score (nSPS) is 12.0. The summed E-state index contributed by atoms with van der Waals surface area (Å²) in [6.07, 6.45) is 0. The van der Waals surface area contributed by atoms with Gasteiger partial charge < -0.3 is 10.6 Å². The van der Waals surface area contributed by atoms with Crippen molar-refractivity contribution in [2.45, 2.75) is 19.9 Å². The van der Waals surface area contributed by atoms with Gasteiger partial charge >= 0.3 is 0 Å². The summed E-state index contributed by atoms with van der Waals surface area (Å²) in [5.74, 6) is -0.561. The van der Waals surface area contributed by atoms with Crippen LogP contribution in [-0.2, 0) is 4.79 Å². The van der Waals surface area contributed by atoms with E-state index in [0.29, 0.717) is 15.7 Å². The van der Waals surface area contributed by atoms with Gasteiger partial charge in [0.1, 0.15) is 5.82 Å². The zero-order valence-electron chi connectivity index (χ0n) is 11.0. The van der Waals surface area contributed by atoms with Crippen molar-refractivity contribution in [1.82, 2.24) is 0 Å².